The molecule has 3 rings (SSSR count). The zero-order chi connectivity index (χ0) is 15.5. The topological polar surface area (TPSA) is 78.0 Å². The number of phenols is 1. The molecule has 1 amide bonds. The first kappa shape index (κ1) is 13.9. The van der Waals surface area contributed by atoms with Crippen LogP contribution in [0.15, 0.2) is 54.6 Å². The fraction of sp³-hybridized carbons (Fsp3) is 0.0588. The van der Waals surface area contributed by atoms with E-state index in [1.165, 1.54) is 0 Å². The number of H-pyrrole nitrogens is 1. The van der Waals surface area contributed by atoms with Gasteiger partial charge in [0.15, 0.2) is 0 Å². The van der Waals surface area contributed by atoms with Crippen molar-refractivity contribution in [1.82, 2.24) is 10.2 Å². The Morgan fingerprint density at radius 3 is 2.73 bits per heavy atom. The van der Waals surface area contributed by atoms with Gasteiger partial charge in [-0.15, -0.1) is 0 Å². The Bertz CT molecular complexity index is 824. The summed E-state index contributed by atoms with van der Waals surface area (Å²) in [5.74, 6) is -0.153. The minimum Gasteiger partial charge on any atom is -0.507 e. The summed E-state index contributed by atoms with van der Waals surface area (Å²) in [5, 5.41) is 19.4. The molecule has 0 radical (unpaired) electrons. The predicted molar refractivity (Wildman–Crippen MR) is 84.8 cm³/mol. The lowest BCUT2D eigenvalue weighted by Gasteiger charge is -2.03. The van der Waals surface area contributed by atoms with Crippen molar-refractivity contribution in [2.45, 2.75) is 6.92 Å². The number of carbonyl (C=O) groups excluding carboxylic acids is 1. The minimum absolute atomic E-state index is 0.125. The fourth-order valence-electron chi connectivity index (χ4n) is 2.19. The van der Waals surface area contributed by atoms with E-state index in [0.29, 0.717) is 17.0 Å². The van der Waals surface area contributed by atoms with E-state index in [2.05, 4.69) is 15.5 Å². The van der Waals surface area contributed by atoms with Crippen molar-refractivity contribution in [1.29, 1.82) is 0 Å². The number of hydrogen-bond donors (Lipinski definition) is 3. The van der Waals surface area contributed by atoms with Gasteiger partial charge in [-0.25, -0.2) is 0 Å². The van der Waals surface area contributed by atoms with E-state index < -0.39 is 0 Å². The molecule has 0 saturated heterocycles. The number of carbonyl (C=O) groups is 1. The molecule has 5 heteroatoms. The highest BCUT2D eigenvalue weighted by molar-refractivity contribution is 6.03. The summed E-state index contributed by atoms with van der Waals surface area (Å²) in [6.07, 6.45) is 0. The molecule has 0 aliphatic rings. The van der Waals surface area contributed by atoms with Crippen LogP contribution in [0.2, 0.25) is 0 Å². The van der Waals surface area contributed by atoms with Gasteiger partial charge in [-0.3, -0.25) is 9.89 Å². The van der Waals surface area contributed by atoms with Crippen LogP contribution < -0.4 is 5.32 Å². The van der Waals surface area contributed by atoms with Crippen LogP contribution in [0.4, 0.5) is 5.69 Å². The van der Waals surface area contributed by atoms with Crippen LogP contribution in [0.5, 0.6) is 5.75 Å². The molecule has 0 aliphatic carbocycles. The van der Waals surface area contributed by atoms with Crippen molar-refractivity contribution in [3.05, 3.63) is 65.9 Å². The number of phenolic OH excluding ortho intramolecular Hbond substituents is 1. The van der Waals surface area contributed by atoms with Gasteiger partial charge in [0.1, 0.15) is 11.4 Å². The number of aryl methyl sites for hydroxylation is 1. The number of aromatic amines is 1. The molecule has 110 valence electrons. The summed E-state index contributed by atoms with van der Waals surface area (Å²) in [5.41, 5.74) is 3.22. The van der Waals surface area contributed by atoms with E-state index in [0.717, 1.165) is 11.3 Å². The van der Waals surface area contributed by atoms with E-state index in [-0.39, 0.29) is 11.7 Å². The smallest absolute Gasteiger partial charge is 0.273 e. The summed E-state index contributed by atoms with van der Waals surface area (Å²) >= 11 is 0. The molecule has 5 nitrogen and oxygen atoms in total. The van der Waals surface area contributed by atoms with E-state index in [1.54, 1.807) is 30.3 Å². The Hall–Kier alpha value is -3.08. The Morgan fingerprint density at radius 2 is 1.95 bits per heavy atom. The van der Waals surface area contributed by atoms with Crippen molar-refractivity contribution in [3.8, 4) is 17.0 Å². The maximum Gasteiger partial charge on any atom is 0.273 e. The number of hydrogen-bond acceptors (Lipinski definition) is 3. The Labute approximate surface area is 127 Å². The monoisotopic (exact) mass is 293 g/mol. The number of nitrogens with zero attached hydrogens (tertiary/aromatic N) is 1. The predicted octanol–water partition coefficient (Wildman–Crippen LogP) is 3.34. The highest BCUT2D eigenvalue weighted by Crippen LogP contribution is 2.27. The van der Waals surface area contributed by atoms with E-state index in [1.807, 2.05) is 31.2 Å². The molecular weight excluding hydrogens is 278 g/mol. The van der Waals surface area contributed by atoms with Crippen LogP contribution in [-0.2, 0) is 0 Å². The third kappa shape index (κ3) is 2.83. The summed E-state index contributed by atoms with van der Waals surface area (Å²) in [6.45, 7) is 1.96. The van der Waals surface area contributed by atoms with Gasteiger partial charge in [-0.1, -0.05) is 24.3 Å². The first-order chi connectivity index (χ1) is 10.6. The summed E-state index contributed by atoms with van der Waals surface area (Å²) in [6, 6.07) is 16.0. The van der Waals surface area contributed by atoms with Crippen LogP contribution in [0.25, 0.3) is 11.3 Å². The van der Waals surface area contributed by atoms with Gasteiger partial charge >= 0.3 is 0 Å². The molecule has 0 aliphatic heterocycles. The number of aromatic nitrogens is 2. The average Bonchev–Trinajstić information content (AvgIpc) is 2.97. The van der Waals surface area contributed by atoms with Gasteiger partial charge in [-0.2, -0.15) is 5.10 Å². The zero-order valence-corrected chi connectivity index (χ0v) is 12.0. The molecule has 0 unspecified atom stereocenters. The number of para-hydroxylation sites is 1. The third-order valence-corrected chi connectivity index (χ3v) is 3.28. The van der Waals surface area contributed by atoms with Crippen molar-refractivity contribution in [2.75, 3.05) is 5.32 Å². The lowest BCUT2D eigenvalue weighted by atomic mass is 10.1. The Balaban J connectivity index is 1.82. The van der Waals surface area contributed by atoms with E-state index in [4.69, 9.17) is 0 Å². The standard InChI is InChI=1S/C17H15N3O2/c1-11-5-4-6-12(9-11)18-17(22)15-10-14(19-20-15)13-7-2-3-8-16(13)21/h2-10,21H,1H3,(H,18,22)(H,19,20). The Morgan fingerprint density at radius 1 is 1.14 bits per heavy atom. The molecule has 1 heterocycles. The number of nitrogens with one attached hydrogen (secondary N) is 2. The quantitative estimate of drug-likeness (QED) is 0.693. The SMILES string of the molecule is Cc1cccc(NC(=O)c2cc(-c3ccccc3O)n[nH]2)c1. The Kier molecular flexibility index (Phi) is 3.62. The van der Waals surface area contributed by atoms with Crippen molar-refractivity contribution in [3.63, 3.8) is 0 Å². The van der Waals surface area contributed by atoms with Gasteiger partial charge in [0, 0.05) is 11.3 Å². The molecule has 0 saturated carbocycles. The highest BCUT2D eigenvalue weighted by atomic mass is 16.3. The molecule has 0 fully saturated rings. The summed E-state index contributed by atoms with van der Waals surface area (Å²) in [7, 11) is 0. The maximum atomic E-state index is 12.2. The second kappa shape index (κ2) is 5.73. The maximum absolute atomic E-state index is 12.2. The van der Waals surface area contributed by atoms with E-state index >= 15 is 0 Å². The van der Waals surface area contributed by atoms with Crippen molar-refractivity contribution < 1.29 is 9.90 Å². The normalized spacial score (nSPS) is 10.4. The molecule has 3 aromatic rings. The van der Waals surface area contributed by atoms with Crippen LogP contribution in [0.1, 0.15) is 16.1 Å². The summed E-state index contributed by atoms with van der Waals surface area (Å²) < 4.78 is 0. The van der Waals surface area contributed by atoms with Gasteiger partial charge in [0.2, 0.25) is 0 Å². The molecule has 0 atom stereocenters. The molecule has 3 N–H and O–H groups in total. The second-order valence-electron chi connectivity index (χ2n) is 5.01. The van der Waals surface area contributed by atoms with Crippen LogP contribution in [0.3, 0.4) is 0 Å². The second-order valence-corrected chi connectivity index (χ2v) is 5.01. The van der Waals surface area contributed by atoms with Crippen LogP contribution in [-0.4, -0.2) is 21.2 Å². The molecular formula is C17H15N3O2. The van der Waals surface area contributed by atoms with Crippen molar-refractivity contribution in [2.24, 2.45) is 0 Å². The third-order valence-electron chi connectivity index (χ3n) is 3.28. The number of benzene rings is 2. The first-order valence-corrected chi connectivity index (χ1v) is 6.85. The van der Waals surface area contributed by atoms with Crippen LogP contribution >= 0.6 is 0 Å². The van der Waals surface area contributed by atoms with Gasteiger partial charge in [0.05, 0.1) is 5.69 Å². The summed E-state index contributed by atoms with van der Waals surface area (Å²) in [4.78, 5) is 12.2. The lowest BCUT2D eigenvalue weighted by molar-refractivity contribution is 0.102. The average molecular weight is 293 g/mol. The molecule has 22 heavy (non-hydrogen) atoms. The van der Waals surface area contributed by atoms with Gasteiger partial charge in [0.25, 0.3) is 5.91 Å². The van der Waals surface area contributed by atoms with E-state index in [9.17, 15) is 9.90 Å². The largest absolute Gasteiger partial charge is 0.507 e. The number of aromatic hydroxyl groups is 1. The number of rotatable bonds is 3. The van der Waals surface area contributed by atoms with Crippen LogP contribution in [0, 0.1) is 6.92 Å². The van der Waals surface area contributed by atoms with Crippen molar-refractivity contribution >= 4 is 11.6 Å². The van der Waals surface area contributed by atoms with Gasteiger partial charge in [-0.05, 0) is 42.8 Å². The molecule has 0 bridgehead atoms. The van der Waals surface area contributed by atoms with Gasteiger partial charge < -0.3 is 10.4 Å². The fourth-order valence-corrected chi connectivity index (χ4v) is 2.19. The number of anilines is 1. The highest BCUT2D eigenvalue weighted by Gasteiger charge is 2.13. The molecule has 0 spiro atoms. The molecule has 2 aromatic carbocycles. The lowest BCUT2D eigenvalue weighted by Crippen LogP contribution is -2.12. The molecule has 1 aromatic heterocycles. The zero-order valence-electron chi connectivity index (χ0n) is 12.0. The minimum atomic E-state index is -0.278. The number of amides is 1. The first-order valence-electron chi connectivity index (χ1n) is 6.85.